The van der Waals surface area contributed by atoms with Crippen molar-refractivity contribution in [3.05, 3.63) is 44.5 Å². The maximum absolute atomic E-state index is 13.2. The number of thiophene rings is 1. The first kappa shape index (κ1) is 13.6. The molecular weight excluding hydrogens is 349 g/mol. The lowest BCUT2D eigenvalue weighted by atomic mass is 10.1. The van der Waals surface area contributed by atoms with E-state index in [0.29, 0.717) is 15.4 Å². The molecule has 1 aliphatic carbocycles. The van der Waals surface area contributed by atoms with Crippen LogP contribution in [-0.2, 0) is 0 Å². The number of hydrogen-bond donors (Lipinski definition) is 1. The summed E-state index contributed by atoms with van der Waals surface area (Å²) in [7, 11) is 0. The summed E-state index contributed by atoms with van der Waals surface area (Å²) in [6.07, 6.45) is 2.44. The van der Waals surface area contributed by atoms with Crippen LogP contribution in [0.25, 0.3) is 10.4 Å². The van der Waals surface area contributed by atoms with E-state index < -0.39 is 0 Å². The Kier molecular flexibility index (Phi) is 3.69. The van der Waals surface area contributed by atoms with E-state index in [-0.39, 0.29) is 11.9 Å². The minimum absolute atomic E-state index is 0.122. The Balaban J connectivity index is 1.98. The van der Waals surface area contributed by atoms with Gasteiger partial charge in [-0.3, -0.25) is 0 Å². The molecule has 1 saturated carbocycles. The van der Waals surface area contributed by atoms with Gasteiger partial charge >= 0.3 is 0 Å². The summed E-state index contributed by atoms with van der Waals surface area (Å²) in [5, 5.41) is 0.417. The van der Waals surface area contributed by atoms with Crippen LogP contribution in [0.1, 0.15) is 23.8 Å². The number of halogens is 3. The number of hydrogen-bond acceptors (Lipinski definition) is 2. The third kappa shape index (κ3) is 2.72. The molecule has 1 heterocycles. The lowest BCUT2D eigenvalue weighted by molar-refractivity contribution is 0.627. The van der Waals surface area contributed by atoms with Crippen LogP contribution in [0, 0.1) is 11.7 Å². The Morgan fingerprint density at radius 3 is 2.74 bits per heavy atom. The van der Waals surface area contributed by atoms with Crippen LogP contribution in [0.3, 0.4) is 0 Å². The summed E-state index contributed by atoms with van der Waals surface area (Å²) in [6.45, 7) is 0. The van der Waals surface area contributed by atoms with Crippen LogP contribution in [0.4, 0.5) is 4.39 Å². The van der Waals surface area contributed by atoms with E-state index in [1.165, 1.54) is 29.9 Å². The fourth-order valence-electron chi connectivity index (χ4n) is 2.13. The van der Waals surface area contributed by atoms with Crippen molar-refractivity contribution in [2.75, 3.05) is 0 Å². The molecule has 0 radical (unpaired) electrons. The summed E-state index contributed by atoms with van der Waals surface area (Å²) < 4.78 is 13.9. The average Bonchev–Trinajstić information content (AvgIpc) is 3.07. The van der Waals surface area contributed by atoms with Crippen molar-refractivity contribution in [2.24, 2.45) is 11.7 Å². The van der Waals surface area contributed by atoms with Gasteiger partial charge in [-0.15, -0.1) is 11.3 Å². The minimum atomic E-state index is -0.341. The third-order valence-corrected chi connectivity index (χ3v) is 5.47. The van der Waals surface area contributed by atoms with Gasteiger partial charge in [0, 0.05) is 25.8 Å². The molecule has 0 bridgehead atoms. The summed E-state index contributed by atoms with van der Waals surface area (Å²) in [4.78, 5) is 2.19. The lowest BCUT2D eigenvalue weighted by Crippen LogP contribution is -2.10. The van der Waals surface area contributed by atoms with E-state index >= 15 is 0 Å². The molecule has 1 unspecified atom stereocenters. The predicted octanol–water partition coefficient (Wildman–Crippen LogP) is 5.38. The standard InChI is InChI=1S/C14H12BrClFNS/c15-9-5-8(17)6-10(16)13(9)11-3-4-12(19-11)14(18)7-1-2-7/h3-7,14H,1-2,18H2. The number of rotatable bonds is 3. The van der Waals surface area contributed by atoms with Crippen LogP contribution >= 0.6 is 38.9 Å². The van der Waals surface area contributed by atoms with Crippen LogP contribution in [0.2, 0.25) is 5.02 Å². The van der Waals surface area contributed by atoms with E-state index in [4.69, 9.17) is 17.3 Å². The van der Waals surface area contributed by atoms with Crippen LogP contribution < -0.4 is 5.73 Å². The van der Waals surface area contributed by atoms with E-state index in [0.717, 1.165) is 10.4 Å². The number of benzene rings is 1. The topological polar surface area (TPSA) is 26.0 Å². The van der Waals surface area contributed by atoms with E-state index in [1.54, 1.807) is 11.3 Å². The zero-order valence-electron chi connectivity index (χ0n) is 10.00. The number of nitrogens with two attached hydrogens (primary N) is 1. The highest BCUT2D eigenvalue weighted by Gasteiger charge is 2.30. The van der Waals surface area contributed by atoms with Gasteiger partial charge in [-0.2, -0.15) is 0 Å². The fraction of sp³-hybridized carbons (Fsp3) is 0.286. The van der Waals surface area contributed by atoms with Crippen molar-refractivity contribution in [3.63, 3.8) is 0 Å². The second-order valence-corrected chi connectivity index (χ2v) is 7.19. The maximum Gasteiger partial charge on any atom is 0.125 e. The van der Waals surface area contributed by atoms with Crippen molar-refractivity contribution >= 4 is 38.9 Å². The second-order valence-electron chi connectivity index (χ2n) is 4.81. The molecule has 1 atom stereocenters. The lowest BCUT2D eigenvalue weighted by Gasteiger charge is -2.07. The molecule has 5 heteroatoms. The monoisotopic (exact) mass is 359 g/mol. The van der Waals surface area contributed by atoms with Gasteiger partial charge in [0.2, 0.25) is 0 Å². The molecule has 2 aromatic rings. The van der Waals surface area contributed by atoms with Crippen molar-refractivity contribution in [3.8, 4) is 10.4 Å². The Labute approximate surface area is 128 Å². The second kappa shape index (κ2) is 5.17. The van der Waals surface area contributed by atoms with Gasteiger partial charge in [0.05, 0.1) is 5.02 Å². The van der Waals surface area contributed by atoms with Crippen molar-refractivity contribution in [1.29, 1.82) is 0 Å². The van der Waals surface area contributed by atoms with Gasteiger partial charge < -0.3 is 5.73 Å². The summed E-state index contributed by atoms with van der Waals surface area (Å²) in [5.74, 6) is 0.283. The first-order valence-corrected chi connectivity index (χ1v) is 8.05. The summed E-state index contributed by atoms with van der Waals surface area (Å²) in [5.41, 5.74) is 7.03. The zero-order valence-corrected chi connectivity index (χ0v) is 13.2. The average molecular weight is 361 g/mol. The van der Waals surface area contributed by atoms with Crippen molar-refractivity contribution < 1.29 is 4.39 Å². The fourth-order valence-corrected chi connectivity index (χ4v) is 4.56. The highest BCUT2D eigenvalue weighted by atomic mass is 79.9. The first-order valence-electron chi connectivity index (χ1n) is 6.06. The molecule has 3 rings (SSSR count). The van der Waals surface area contributed by atoms with Crippen LogP contribution in [-0.4, -0.2) is 0 Å². The molecule has 0 saturated heterocycles. The minimum Gasteiger partial charge on any atom is -0.323 e. The molecule has 1 fully saturated rings. The molecule has 0 spiro atoms. The molecule has 1 aromatic heterocycles. The van der Waals surface area contributed by atoms with Gasteiger partial charge in [0.25, 0.3) is 0 Å². The Morgan fingerprint density at radius 2 is 2.11 bits per heavy atom. The maximum atomic E-state index is 13.2. The summed E-state index contributed by atoms with van der Waals surface area (Å²) >= 11 is 11.1. The van der Waals surface area contributed by atoms with E-state index in [1.807, 2.05) is 6.07 Å². The van der Waals surface area contributed by atoms with Gasteiger partial charge in [-0.25, -0.2) is 4.39 Å². The van der Waals surface area contributed by atoms with Crippen molar-refractivity contribution in [1.82, 2.24) is 0 Å². The quantitative estimate of drug-likeness (QED) is 0.781. The van der Waals surface area contributed by atoms with Crippen LogP contribution in [0.5, 0.6) is 0 Å². The molecule has 1 aliphatic rings. The van der Waals surface area contributed by atoms with Crippen molar-refractivity contribution in [2.45, 2.75) is 18.9 Å². The van der Waals surface area contributed by atoms with E-state index in [9.17, 15) is 4.39 Å². The molecular formula is C14H12BrClFNS. The first-order chi connectivity index (χ1) is 9.06. The SMILES string of the molecule is NC(c1ccc(-c2c(Cl)cc(F)cc2Br)s1)C1CC1. The highest BCUT2D eigenvalue weighted by Crippen LogP contribution is 2.45. The van der Waals surface area contributed by atoms with Gasteiger partial charge in [0.1, 0.15) is 5.82 Å². The summed E-state index contributed by atoms with van der Waals surface area (Å²) in [6, 6.07) is 6.95. The van der Waals surface area contributed by atoms with Gasteiger partial charge in [0.15, 0.2) is 0 Å². The molecule has 1 nitrogen and oxygen atoms in total. The highest BCUT2D eigenvalue weighted by molar-refractivity contribution is 9.10. The molecule has 1 aromatic carbocycles. The molecule has 0 amide bonds. The zero-order chi connectivity index (χ0) is 13.6. The van der Waals surface area contributed by atoms with E-state index in [2.05, 4.69) is 22.0 Å². The Bertz CT molecular complexity index is 601. The normalized spacial score (nSPS) is 16.6. The van der Waals surface area contributed by atoms with Gasteiger partial charge in [-0.05, 0) is 59.0 Å². The third-order valence-electron chi connectivity index (χ3n) is 3.34. The molecule has 2 N–H and O–H groups in total. The Hall–Kier alpha value is -0.420. The molecule has 0 aliphatic heterocycles. The molecule has 19 heavy (non-hydrogen) atoms. The van der Waals surface area contributed by atoms with Gasteiger partial charge in [-0.1, -0.05) is 11.6 Å². The molecule has 100 valence electrons. The largest absolute Gasteiger partial charge is 0.323 e. The van der Waals surface area contributed by atoms with Crippen LogP contribution in [0.15, 0.2) is 28.7 Å². The Morgan fingerprint density at radius 1 is 1.37 bits per heavy atom. The smallest absolute Gasteiger partial charge is 0.125 e. The predicted molar refractivity (Wildman–Crippen MR) is 82.1 cm³/mol.